The smallest absolute Gasteiger partial charge is 0.262 e. The molecule has 3 nitrogen and oxygen atoms in total. The number of nitrogens with zero attached hydrogens (tertiary/aromatic N) is 1. The zero-order valence-corrected chi connectivity index (χ0v) is 2.84. The fourth-order valence-electron chi connectivity index (χ4n) is 0.143. The van der Waals surface area contributed by atoms with Crippen molar-refractivity contribution in [3.63, 3.8) is 0 Å². The Hall–Kier alpha value is -1.04. The average molecular weight is 83.0 g/mol. The van der Waals surface area contributed by atoms with Crippen molar-refractivity contribution in [3.8, 4) is 11.8 Å². The van der Waals surface area contributed by atoms with Crippen LogP contribution in [0, 0.1) is 22.0 Å². The van der Waals surface area contributed by atoms with Gasteiger partial charge in [0, 0.05) is 4.92 Å². The third-order valence-corrected chi connectivity index (χ3v) is 0.484. The number of rotatable bonds is 1. The second kappa shape index (κ2) is 0.716. The molecule has 0 bridgehead atoms. The van der Waals surface area contributed by atoms with E-state index in [0.29, 0.717) is 0 Å². The molecule has 0 aromatic carbocycles. The van der Waals surface area contributed by atoms with Crippen LogP contribution in [0.25, 0.3) is 0 Å². The van der Waals surface area contributed by atoms with Crippen molar-refractivity contribution in [2.24, 2.45) is 0 Å². The van der Waals surface area contributed by atoms with Crippen LogP contribution in [0.3, 0.4) is 0 Å². The third kappa shape index (κ3) is 0.320. The monoisotopic (exact) mass is 83.0 g/mol. The Morgan fingerprint density at radius 3 is 2.17 bits per heavy atom. The van der Waals surface area contributed by atoms with E-state index in [9.17, 15) is 10.1 Å². The lowest BCUT2D eigenvalue weighted by atomic mass is 10.7. The maximum Gasteiger partial charge on any atom is 0.333 e. The molecule has 0 unspecified atom stereocenters. The van der Waals surface area contributed by atoms with Crippen LogP contribution in [-0.4, -0.2) is 11.0 Å². The van der Waals surface area contributed by atoms with Crippen LogP contribution in [-0.2, 0) is 0 Å². The van der Waals surface area contributed by atoms with Crippen LogP contribution >= 0.6 is 0 Å². The van der Waals surface area contributed by atoms with Crippen molar-refractivity contribution in [3.05, 3.63) is 10.1 Å². The van der Waals surface area contributed by atoms with Gasteiger partial charge in [-0.3, -0.25) is 10.1 Å². The summed E-state index contributed by atoms with van der Waals surface area (Å²) in [5.74, 6) is 4.57. The summed E-state index contributed by atoms with van der Waals surface area (Å²) in [6.45, 7) is 0. The molecule has 1 aliphatic rings. The molecule has 0 aliphatic heterocycles. The zero-order valence-electron chi connectivity index (χ0n) is 2.84. The number of hydrogen-bond acceptors (Lipinski definition) is 2. The summed E-state index contributed by atoms with van der Waals surface area (Å²) in [5.41, 5.74) is 0. The van der Waals surface area contributed by atoms with Crippen LogP contribution in [0.4, 0.5) is 0 Å². The summed E-state index contributed by atoms with van der Waals surface area (Å²) in [7, 11) is 0. The van der Waals surface area contributed by atoms with Gasteiger partial charge in [0.2, 0.25) is 0 Å². The first-order chi connectivity index (χ1) is 2.80. The van der Waals surface area contributed by atoms with Gasteiger partial charge in [-0.25, -0.2) is 0 Å². The highest BCUT2D eigenvalue weighted by Crippen LogP contribution is 1.94. The highest BCUT2D eigenvalue weighted by Gasteiger charge is 2.21. The van der Waals surface area contributed by atoms with Gasteiger partial charge in [-0.15, -0.1) is 0 Å². The molecule has 30 valence electrons. The van der Waals surface area contributed by atoms with E-state index in [1.807, 2.05) is 0 Å². The molecule has 1 aliphatic carbocycles. The van der Waals surface area contributed by atoms with E-state index in [2.05, 4.69) is 11.8 Å². The topological polar surface area (TPSA) is 43.1 Å². The van der Waals surface area contributed by atoms with E-state index >= 15 is 0 Å². The van der Waals surface area contributed by atoms with Crippen molar-refractivity contribution in [1.82, 2.24) is 0 Å². The predicted molar refractivity (Wildman–Crippen MR) is 18.6 cm³/mol. The molecule has 3 heteroatoms. The second-order valence-electron chi connectivity index (χ2n) is 0.977. The van der Waals surface area contributed by atoms with E-state index in [1.165, 1.54) is 0 Å². The first-order valence-corrected chi connectivity index (χ1v) is 1.45. The second-order valence-corrected chi connectivity index (χ2v) is 0.977. The first kappa shape index (κ1) is 3.16. The minimum absolute atomic E-state index is 0.444. The summed E-state index contributed by atoms with van der Waals surface area (Å²) in [6, 6.07) is -0.676. The minimum Gasteiger partial charge on any atom is -0.262 e. The van der Waals surface area contributed by atoms with E-state index in [1.54, 1.807) is 0 Å². The molecule has 0 aromatic heterocycles. The van der Waals surface area contributed by atoms with Gasteiger partial charge < -0.3 is 0 Å². The lowest BCUT2D eigenvalue weighted by molar-refractivity contribution is -0.484. The number of nitro groups is 1. The first-order valence-electron chi connectivity index (χ1n) is 1.45. The molecular formula is C3HNO2. The summed E-state index contributed by atoms with van der Waals surface area (Å²) in [5, 5.41) is 9.44. The maximum atomic E-state index is 9.44. The van der Waals surface area contributed by atoms with Crippen molar-refractivity contribution in [2.75, 3.05) is 0 Å². The summed E-state index contributed by atoms with van der Waals surface area (Å²) < 4.78 is 0. The lowest BCUT2D eigenvalue weighted by Crippen LogP contribution is -2.02. The molecule has 1 rings (SSSR count). The molecule has 0 N–H and O–H groups in total. The molecule has 0 saturated heterocycles. The molecule has 0 amide bonds. The zero-order chi connectivity index (χ0) is 4.57. The third-order valence-electron chi connectivity index (χ3n) is 0.484. The Morgan fingerprint density at radius 1 is 1.67 bits per heavy atom. The van der Waals surface area contributed by atoms with Gasteiger partial charge >= 0.3 is 6.04 Å². The minimum atomic E-state index is -0.676. The van der Waals surface area contributed by atoms with Crippen LogP contribution in [0.5, 0.6) is 0 Å². The van der Waals surface area contributed by atoms with Crippen LogP contribution in [0.15, 0.2) is 0 Å². The molecule has 0 radical (unpaired) electrons. The van der Waals surface area contributed by atoms with Crippen molar-refractivity contribution in [2.45, 2.75) is 6.04 Å². The summed E-state index contributed by atoms with van der Waals surface area (Å²) in [6.07, 6.45) is 0. The van der Waals surface area contributed by atoms with Gasteiger partial charge in [0.05, 0.1) is 0 Å². The van der Waals surface area contributed by atoms with E-state index in [-0.39, 0.29) is 0 Å². The van der Waals surface area contributed by atoms with E-state index in [4.69, 9.17) is 0 Å². The fraction of sp³-hybridized carbons (Fsp3) is 0.333. The molecular weight excluding hydrogens is 82.0 g/mol. The molecule has 0 fully saturated rings. The number of hydrogen-bond donors (Lipinski definition) is 0. The Labute approximate surface area is 34.1 Å². The van der Waals surface area contributed by atoms with Crippen molar-refractivity contribution >= 4 is 0 Å². The largest absolute Gasteiger partial charge is 0.333 e. The Bertz CT molecular complexity index is 133. The standard InChI is InChI=1S/C3HNO2/c5-4(6)3-1-2-3/h3H. The predicted octanol–water partition coefficient (Wildman–Crippen LogP) is -0.351. The van der Waals surface area contributed by atoms with Crippen molar-refractivity contribution < 1.29 is 4.92 Å². The Balaban J connectivity index is 2.36. The molecule has 0 saturated carbocycles. The highest BCUT2D eigenvalue weighted by molar-refractivity contribution is 5.32. The average Bonchev–Trinajstić information content (AvgIpc) is 2.06. The van der Waals surface area contributed by atoms with Gasteiger partial charge in [-0.2, -0.15) is 0 Å². The molecule has 0 aromatic rings. The van der Waals surface area contributed by atoms with E-state index in [0.717, 1.165) is 0 Å². The fourth-order valence-corrected chi connectivity index (χ4v) is 0.143. The Kier molecular flexibility index (Phi) is 0.377. The van der Waals surface area contributed by atoms with Gasteiger partial charge in [-0.05, 0) is 11.8 Å². The van der Waals surface area contributed by atoms with Crippen LogP contribution in [0.2, 0.25) is 0 Å². The SMILES string of the molecule is O=[N+]([O-])C1C#C1. The lowest BCUT2D eigenvalue weighted by Gasteiger charge is -1.76. The molecule has 0 heterocycles. The Morgan fingerprint density at radius 2 is 2.17 bits per heavy atom. The van der Waals surface area contributed by atoms with Gasteiger partial charge in [-0.1, -0.05) is 0 Å². The molecule has 0 spiro atoms. The van der Waals surface area contributed by atoms with Gasteiger partial charge in [0.25, 0.3) is 0 Å². The highest BCUT2D eigenvalue weighted by atomic mass is 16.6. The summed E-state index contributed by atoms with van der Waals surface area (Å²) in [4.78, 5) is 9.00. The summed E-state index contributed by atoms with van der Waals surface area (Å²) >= 11 is 0. The quantitative estimate of drug-likeness (QED) is 0.247. The van der Waals surface area contributed by atoms with E-state index < -0.39 is 11.0 Å². The molecule has 6 heavy (non-hydrogen) atoms. The van der Waals surface area contributed by atoms with Crippen molar-refractivity contribution in [1.29, 1.82) is 0 Å². The van der Waals surface area contributed by atoms with Gasteiger partial charge in [0.15, 0.2) is 0 Å². The van der Waals surface area contributed by atoms with Crippen LogP contribution < -0.4 is 0 Å². The normalized spacial score (nSPS) is 15.3. The molecule has 0 atom stereocenters. The van der Waals surface area contributed by atoms with Gasteiger partial charge in [0.1, 0.15) is 0 Å². The van der Waals surface area contributed by atoms with Crippen LogP contribution in [0.1, 0.15) is 0 Å². The maximum absolute atomic E-state index is 9.44.